The molecule has 0 radical (unpaired) electrons. The molecule has 1 aliphatic carbocycles. The smallest absolute Gasteiger partial charge is 0.228 e. The van der Waals surface area contributed by atoms with Crippen molar-refractivity contribution >= 4 is 0 Å². The first kappa shape index (κ1) is 11.2. The Morgan fingerprint density at radius 2 is 2.29 bits per heavy atom. The Balaban J connectivity index is 1.62. The molecule has 1 aliphatic heterocycles. The molecule has 0 spiro atoms. The summed E-state index contributed by atoms with van der Waals surface area (Å²) in [5.74, 6) is 2.25. The molecular weight excluding hydrogens is 218 g/mol. The molecule has 1 aromatic heterocycles. The number of rotatable bonds is 5. The van der Waals surface area contributed by atoms with Gasteiger partial charge in [-0.3, -0.25) is 0 Å². The van der Waals surface area contributed by atoms with Gasteiger partial charge in [-0.15, -0.1) is 0 Å². The van der Waals surface area contributed by atoms with Gasteiger partial charge in [-0.05, 0) is 38.6 Å². The van der Waals surface area contributed by atoms with Gasteiger partial charge in [0.15, 0.2) is 0 Å². The summed E-state index contributed by atoms with van der Waals surface area (Å²) in [6, 6.07) is 0.479. The standard InChI is InChI=1S/C12H19N3O2/c1-13-9(8-4-5-8)7-11-14-12(15-17-11)10-3-2-6-16-10/h8-10,13H,2-7H2,1H3. The zero-order chi connectivity index (χ0) is 11.7. The Morgan fingerprint density at radius 1 is 1.41 bits per heavy atom. The number of likely N-dealkylation sites (N-methyl/N-ethyl adjacent to an activating group) is 1. The molecule has 0 amide bonds. The van der Waals surface area contributed by atoms with Crippen molar-refractivity contribution in [2.45, 2.75) is 44.2 Å². The van der Waals surface area contributed by atoms with Crippen LogP contribution in [0.1, 0.15) is 43.5 Å². The minimum Gasteiger partial charge on any atom is -0.370 e. The van der Waals surface area contributed by atoms with Crippen LogP contribution in [0.3, 0.4) is 0 Å². The van der Waals surface area contributed by atoms with Crippen LogP contribution < -0.4 is 5.32 Å². The van der Waals surface area contributed by atoms with E-state index in [9.17, 15) is 0 Å². The molecule has 1 N–H and O–H groups in total. The van der Waals surface area contributed by atoms with Gasteiger partial charge in [0, 0.05) is 19.1 Å². The zero-order valence-corrected chi connectivity index (χ0v) is 10.2. The zero-order valence-electron chi connectivity index (χ0n) is 10.2. The number of hydrogen-bond acceptors (Lipinski definition) is 5. The van der Waals surface area contributed by atoms with E-state index in [0.717, 1.165) is 43.5 Å². The Bertz CT molecular complexity index is 370. The maximum atomic E-state index is 5.54. The maximum absolute atomic E-state index is 5.54. The van der Waals surface area contributed by atoms with Gasteiger partial charge in [-0.1, -0.05) is 5.16 Å². The lowest BCUT2D eigenvalue weighted by atomic mass is 10.1. The summed E-state index contributed by atoms with van der Waals surface area (Å²) < 4.78 is 10.8. The van der Waals surface area contributed by atoms with Gasteiger partial charge >= 0.3 is 0 Å². The highest BCUT2D eigenvalue weighted by atomic mass is 16.5. The number of hydrogen-bond donors (Lipinski definition) is 1. The van der Waals surface area contributed by atoms with E-state index in [-0.39, 0.29) is 6.10 Å². The normalized spacial score (nSPS) is 26.3. The van der Waals surface area contributed by atoms with E-state index in [1.807, 2.05) is 7.05 Å². The minimum atomic E-state index is 0.0569. The fraction of sp³-hybridized carbons (Fsp3) is 0.833. The molecule has 1 aromatic rings. The number of ether oxygens (including phenoxy) is 1. The van der Waals surface area contributed by atoms with Gasteiger partial charge in [-0.2, -0.15) is 4.98 Å². The van der Waals surface area contributed by atoms with Crippen molar-refractivity contribution in [1.29, 1.82) is 0 Å². The van der Waals surface area contributed by atoms with Crippen LogP contribution in [0.25, 0.3) is 0 Å². The lowest BCUT2D eigenvalue weighted by Gasteiger charge is -2.11. The molecule has 5 nitrogen and oxygen atoms in total. The molecule has 1 saturated heterocycles. The van der Waals surface area contributed by atoms with Gasteiger partial charge in [-0.25, -0.2) is 0 Å². The van der Waals surface area contributed by atoms with E-state index in [1.165, 1.54) is 12.8 Å². The third-order valence-corrected chi connectivity index (χ3v) is 3.66. The van der Waals surface area contributed by atoms with E-state index in [2.05, 4.69) is 15.5 Å². The number of nitrogens with one attached hydrogen (secondary N) is 1. The summed E-state index contributed by atoms with van der Waals surface area (Å²) in [5, 5.41) is 7.36. The fourth-order valence-electron chi connectivity index (χ4n) is 2.45. The summed E-state index contributed by atoms with van der Waals surface area (Å²) in [5.41, 5.74) is 0. The summed E-state index contributed by atoms with van der Waals surface area (Å²) in [4.78, 5) is 4.45. The average molecular weight is 237 g/mol. The third kappa shape index (κ3) is 2.50. The lowest BCUT2D eigenvalue weighted by molar-refractivity contribution is 0.103. The van der Waals surface area contributed by atoms with Crippen LogP contribution in [0.4, 0.5) is 0 Å². The lowest BCUT2D eigenvalue weighted by Crippen LogP contribution is -2.29. The SMILES string of the molecule is CNC(Cc1nc(C2CCCO2)no1)C1CC1. The van der Waals surface area contributed by atoms with Crippen LogP contribution in [0.15, 0.2) is 4.52 Å². The second kappa shape index (κ2) is 4.74. The van der Waals surface area contributed by atoms with Crippen molar-refractivity contribution in [2.75, 3.05) is 13.7 Å². The minimum absolute atomic E-state index is 0.0569. The average Bonchev–Trinajstić information content (AvgIpc) is 2.88. The van der Waals surface area contributed by atoms with E-state index in [1.54, 1.807) is 0 Å². The molecule has 2 atom stereocenters. The molecule has 2 unspecified atom stereocenters. The topological polar surface area (TPSA) is 60.2 Å². The summed E-state index contributed by atoms with van der Waals surface area (Å²) >= 11 is 0. The summed E-state index contributed by atoms with van der Waals surface area (Å²) in [7, 11) is 2.00. The van der Waals surface area contributed by atoms with Crippen LogP contribution in [-0.2, 0) is 11.2 Å². The Hall–Kier alpha value is -0.940. The Kier molecular flexibility index (Phi) is 3.11. The molecule has 1 saturated carbocycles. The molecule has 94 valence electrons. The summed E-state index contributed by atoms with van der Waals surface area (Å²) in [6.07, 6.45) is 5.63. The van der Waals surface area contributed by atoms with Crippen LogP contribution in [0.2, 0.25) is 0 Å². The Labute approximate surface area is 101 Å². The van der Waals surface area contributed by atoms with Crippen molar-refractivity contribution in [3.63, 3.8) is 0 Å². The van der Waals surface area contributed by atoms with E-state index in [4.69, 9.17) is 9.26 Å². The first-order chi connectivity index (χ1) is 8.36. The van der Waals surface area contributed by atoms with Gasteiger partial charge in [0.25, 0.3) is 0 Å². The predicted molar refractivity (Wildman–Crippen MR) is 61.5 cm³/mol. The molecule has 0 aromatic carbocycles. The highest BCUT2D eigenvalue weighted by Crippen LogP contribution is 2.34. The van der Waals surface area contributed by atoms with Crippen molar-refractivity contribution in [2.24, 2.45) is 5.92 Å². The second-order valence-corrected chi connectivity index (χ2v) is 4.98. The number of nitrogens with zero attached hydrogens (tertiary/aromatic N) is 2. The van der Waals surface area contributed by atoms with Gasteiger partial charge < -0.3 is 14.6 Å². The van der Waals surface area contributed by atoms with Gasteiger partial charge in [0.2, 0.25) is 11.7 Å². The Morgan fingerprint density at radius 3 is 2.94 bits per heavy atom. The third-order valence-electron chi connectivity index (χ3n) is 3.66. The van der Waals surface area contributed by atoms with E-state index < -0.39 is 0 Å². The molecule has 0 bridgehead atoms. The molecule has 2 fully saturated rings. The second-order valence-electron chi connectivity index (χ2n) is 4.98. The van der Waals surface area contributed by atoms with Crippen LogP contribution in [-0.4, -0.2) is 29.8 Å². The maximum Gasteiger partial charge on any atom is 0.228 e. The van der Waals surface area contributed by atoms with Gasteiger partial charge in [0.05, 0.1) is 0 Å². The highest BCUT2D eigenvalue weighted by molar-refractivity contribution is 4.97. The van der Waals surface area contributed by atoms with E-state index in [0.29, 0.717) is 6.04 Å². The van der Waals surface area contributed by atoms with E-state index >= 15 is 0 Å². The van der Waals surface area contributed by atoms with Crippen molar-refractivity contribution in [3.8, 4) is 0 Å². The quantitative estimate of drug-likeness (QED) is 0.840. The largest absolute Gasteiger partial charge is 0.370 e. The molecule has 2 heterocycles. The van der Waals surface area contributed by atoms with Crippen molar-refractivity contribution in [3.05, 3.63) is 11.7 Å². The number of aromatic nitrogens is 2. The van der Waals surface area contributed by atoms with Crippen molar-refractivity contribution < 1.29 is 9.26 Å². The van der Waals surface area contributed by atoms with Crippen LogP contribution >= 0.6 is 0 Å². The first-order valence-corrected chi connectivity index (χ1v) is 6.48. The molecule has 2 aliphatic rings. The summed E-state index contributed by atoms with van der Waals surface area (Å²) in [6.45, 7) is 0.815. The van der Waals surface area contributed by atoms with Crippen LogP contribution in [0, 0.1) is 5.92 Å². The fourth-order valence-corrected chi connectivity index (χ4v) is 2.45. The van der Waals surface area contributed by atoms with Crippen LogP contribution in [0.5, 0.6) is 0 Å². The molecule has 5 heteroatoms. The predicted octanol–water partition coefficient (Wildman–Crippen LogP) is 1.46. The monoisotopic (exact) mass is 237 g/mol. The first-order valence-electron chi connectivity index (χ1n) is 6.48. The van der Waals surface area contributed by atoms with Gasteiger partial charge in [0.1, 0.15) is 6.10 Å². The molecule has 17 heavy (non-hydrogen) atoms. The highest BCUT2D eigenvalue weighted by Gasteiger charge is 2.32. The van der Waals surface area contributed by atoms with Crippen molar-refractivity contribution in [1.82, 2.24) is 15.5 Å². The molecule has 3 rings (SSSR count). The molecular formula is C12H19N3O2.